The molecule has 0 amide bonds. The molecule has 1 aromatic heterocycles. The first-order chi connectivity index (χ1) is 10.2. The van der Waals surface area contributed by atoms with E-state index in [1.54, 1.807) is 0 Å². The number of hydrogen-bond acceptors (Lipinski definition) is 1. The van der Waals surface area contributed by atoms with E-state index in [0.717, 1.165) is 23.0 Å². The maximum absolute atomic E-state index is 5.97. The normalized spacial score (nSPS) is 23.0. The lowest BCUT2D eigenvalue weighted by molar-refractivity contribution is 0.344. The molecule has 21 heavy (non-hydrogen) atoms. The van der Waals surface area contributed by atoms with Gasteiger partial charge in [-0.3, -0.25) is 0 Å². The molecule has 2 atom stereocenters. The van der Waals surface area contributed by atoms with Crippen molar-refractivity contribution in [3.8, 4) is 0 Å². The van der Waals surface area contributed by atoms with Crippen molar-refractivity contribution >= 4 is 21.9 Å². The first kappa shape index (κ1) is 12.9. The van der Waals surface area contributed by atoms with Crippen LogP contribution in [0.15, 0.2) is 40.8 Å². The van der Waals surface area contributed by atoms with E-state index < -0.39 is 0 Å². The fourth-order valence-electron chi connectivity index (χ4n) is 3.90. The molecule has 1 aliphatic rings. The molecule has 0 bridgehead atoms. The maximum Gasteiger partial charge on any atom is 0.135 e. The lowest BCUT2D eigenvalue weighted by atomic mass is 9.78. The molecule has 0 aliphatic heterocycles. The van der Waals surface area contributed by atoms with E-state index >= 15 is 0 Å². The molecule has 1 heterocycles. The maximum atomic E-state index is 5.97. The molecule has 1 fully saturated rings. The minimum atomic E-state index is 0.730. The Morgan fingerprint density at radius 1 is 0.952 bits per heavy atom. The zero-order valence-electron chi connectivity index (χ0n) is 12.9. The molecule has 108 valence electrons. The third kappa shape index (κ3) is 2.25. The molecular formula is C20H22O. The summed E-state index contributed by atoms with van der Waals surface area (Å²) in [6, 6.07) is 13.3. The van der Waals surface area contributed by atoms with Gasteiger partial charge in [0.25, 0.3) is 0 Å². The van der Waals surface area contributed by atoms with Crippen LogP contribution in [-0.2, 0) is 0 Å². The zero-order valence-corrected chi connectivity index (χ0v) is 12.9. The Balaban J connectivity index is 1.84. The molecule has 1 heteroatoms. The number of rotatable bonds is 1. The summed E-state index contributed by atoms with van der Waals surface area (Å²) in [5.41, 5.74) is 4.81. The summed E-state index contributed by atoms with van der Waals surface area (Å²) in [5.74, 6) is 1.59. The summed E-state index contributed by atoms with van der Waals surface area (Å²) >= 11 is 0. The Labute approximate surface area is 126 Å². The van der Waals surface area contributed by atoms with E-state index in [9.17, 15) is 0 Å². The minimum absolute atomic E-state index is 0.730. The Morgan fingerprint density at radius 3 is 2.52 bits per heavy atom. The quantitative estimate of drug-likeness (QED) is 0.517. The molecule has 1 unspecified atom stereocenters. The predicted molar refractivity (Wildman–Crippen MR) is 88.8 cm³/mol. The van der Waals surface area contributed by atoms with Crippen molar-refractivity contribution in [1.29, 1.82) is 0 Å². The van der Waals surface area contributed by atoms with Crippen molar-refractivity contribution in [2.24, 2.45) is 5.92 Å². The van der Waals surface area contributed by atoms with Gasteiger partial charge in [-0.2, -0.15) is 0 Å². The number of benzene rings is 2. The molecule has 3 aromatic rings. The zero-order chi connectivity index (χ0) is 14.4. The van der Waals surface area contributed by atoms with Crippen molar-refractivity contribution in [3.63, 3.8) is 0 Å². The van der Waals surface area contributed by atoms with Crippen LogP contribution in [0.4, 0.5) is 0 Å². The lowest BCUT2D eigenvalue weighted by Crippen LogP contribution is -2.11. The fraction of sp³-hybridized carbons (Fsp3) is 0.400. The summed E-state index contributed by atoms with van der Waals surface area (Å²) in [5, 5.41) is 2.54. The Bertz CT molecular complexity index is 796. The van der Waals surface area contributed by atoms with E-state index in [4.69, 9.17) is 4.42 Å². The standard InChI is InChI=1S/C20H22O/c1-13-4-3-5-15(10-13)16-7-9-20-18(12-16)17-11-14(2)6-8-19(17)21-20/h6-9,11-13,15H,3-5,10H2,1-2H3/t13-,15?/m0/s1. The van der Waals surface area contributed by atoms with Crippen LogP contribution < -0.4 is 0 Å². The van der Waals surface area contributed by atoms with Gasteiger partial charge in [-0.25, -0.2) is 0 Å². The van der Waals surface area contributed by atoms with Gasteiger partial charge in [0.2, 0.25) is 0 Å². The summed E-state index contributed by atoms with van der Waals surface area (Å²) < 4.78 is 5.97. The van der Waals surface area contributed by atoms with Crippen LogP contribution in [0.2, 0.25) is 0 Å². The van der Waals surface area contributed by atoms with Crippen molar-refractivity contribution in [2.75, 3.05) is 0 Å². The van der Waals surface area contributed by atoms with Gasteiger partial charge in [-0.05, 0) is 61.4 Å². The summed E-state index contributed by atoms with van der Waals surface area (Å²) in [7, 11) is 0. The van der Waals surface area contributed by atoms with Crippen LogP contribution in [-0.4, -0.2) is 0 Å². The number of fused-ring (bicyclic) bond motifs is 3. The fourth-order valence-corrected chi connectivity index (χ4v) is 3.90. The van der Waals surface area contributed by atoms with E-state index in [1.165, 1.54) is 47.6 Å². The molecular weight excluding hydrogens is 256 g/mol. The molecule has 0 saturated heterocycles. The molecule has 1 nitrogen and oxygen atoms in total. The number of hydrogen-bond donors (Lipinski definition) is 0. The highest BCUT2D eigenvalue weighted by Gasteiger charge is 2.21. The second-order valence-corrected chi connectivity index (χ2v) is 6.83. The second-order valence-electron chi connectivity index (χ2n) is 6.83. The first-order valence-electron chi connectivity index (χ1n) is 8.13. The van der Waals surface area contributed by atoms with Crippen molar-refractivity contribution < 1.29 is 4.42 Å². The van der Waals surface area contributed by atoms with E-state index in [2.05, 4.69) is 50.2 Å². The molecule has 4 rings (SSSR count). The average Bonchev–Trinajstić information content (AvgIpc) is 2.84. The van der Waals surface area contributed by atoms with Gasteiger partial charge < -0.3 is 4.42 Å². The van der Waals surface area contributed by atoms with Crippen LogP contribution in [0.3, 0.4) is 0 Å². The van der Waals surface area contributed by atoms with Crippen molar-refractivity contribution in [2.45, 2.75) is 45.4 Å². The van der Waals surface area contributed by atoms with Crippen molar-refractivity contribution in [3.05, 3.63) is 47.5 Å². The van der Waals surface area contributed by atoms with E-state index in [-0.39, 0.29) is 0 Å². The van der Waals surface area contributed by atoms with Gasteiger partial charge in [0.15, 0.2) is 0 Å². The predicted octanol–water partition coefficient (Wildman–Crippen LogP) is 6.19. The van der Waals surface area contributed by atoms with Gasteiger partial charge in [0, 0.05) is 10.8 Å². The largest absolute Gasteiger partial charge is 0.456 e. The number of furan rings is 1. The highest BCUT2D eigenvalue weighted by molar-refractivity contribution is 6.05. The summed E-state index contributed by atoms with van der Waals surface area (Å²) in [6.07, 6.45) is 5.44. The molecule has 0 spiro atoms. The minimum Gasteiger partial charge on any atom is -0.456 e. The van der Waals surface area contributed by atoms with Crippen LogP contribution in [0.5, 0.6) is 0 Å². The van der Waals surface area contributed by atoms with Gasteiger partial charge in [-0.1, -0.05) is 37.5 Å². The SMILES string of the molecule is Cc1ccc2oc3ccc(C4CCC[C@H](C)C4)cc3c2c1. The lowest BCUT2D eigenvalue weighted by Gasteiger charge is -2.27. The van der Waals surface area contributed by atoms with Crippen molar-refractivity contribution in [1.82, 2.24) is 0 Å². The van der Waals surface area contributed by atoms with E-state index in [0.29, 0.717) is 0 Å². The highest BCUT2D eigenvalue weighted by atomic mass is 16.3. The highest BCUT2D eigenvalue weighted by Crippen LogP contribution is 2.38. The van der Waals surface area contributed by atoms with Crippen LogP contribution in [0.1, 0.15) is 49.7 Å². The average molecular weight is 278 g/mol. The smallest absolute Gasteiger partial charge is 0.135 e. The first-order valence-corrected chi connectivity index (χ1v) is 8.13. The molecule has 0 N–H and O–H groups in total. The third-order valence-corrected chi connectivity index (χ3v) is 5.06. The number of aryl methyl sites for hydroxylation is 1. The van der Waals surface area contributed by atoms with Crippen LogP contribution in [0.25, 0.3) is 21.9 Å². The van der Waals surface area contributed by atoms with Gasteiger partial charge in [0.1, 0.15) is 11.2 Å². The van der Waals surface area contributed by atoms with Gasteiger partial charge in [-0.15, -0.1) is 0 Å². The van der Waals surface area contributed by atoms with Crippen LogP contribution in [0, 0.1) is 12.8 Å². The van der Waals surface area contributed by atoms with E-state index in [1.807, 2.05) is 0 Å². The Hall–Kier alpha value is -1.76. The second kappa shape index (κ2) is 4.91. The molecule has 0 radical (unpaired) electrons. The molecule has 1 aliphatic carbocycles. The van der Waals surface area contributed by atoms with Gasteiger partial charge >= 0.3 is 0 Å². The molecule has 1 saturated carbocycles. The Kier molecular flexibility index (Phi) is 3.02. The third-order valence-electron chi connectivity index (χ3n) is 5.06. The summed E-state index contributed by atoms with van der Waals surface area (Å²) in [6.45, 7) is 4.53. The Morgan fingerprint density at radius 2 is 1.71 bits per heavy atom. The summed E-state index contributed by atoms with van der Waals surface area (Å²) in [4.78, 5) is 0. The topological polar surface area (TPSA) is 13.1 Å². The molecule has 2 aromatic carbocycles. The van der Waals surface area contributed by atoms with Gasteiger partial charge in [0.05, 0.1) is 0 Å². The van der Waals surface area contributed by atoms with Crippen LogP contribution >= 0.6 is 0 Å². The monoisotopic (exact) mass is 278 g/mol.